The molecule has 2 fully saturated rings. The molecule has 2 heterocycles. The minimum atomic E-state index is -1.24. The molecule has 4 amide bonds. The molecule has 0 bridgehead atoms. The van der Waals surface area contributed by atoms with Crippen LogP contribution in [0.2, 0.25) is 0 Å². The van der Waals surface area contributed by atoms with E-state index in [1.54, 1.807) is 36.4 Å². The van der Waals surface area contributed by atoms with Crippen LogP contribution in [0.5, 0.6) is 0 Å². The van der Waals surface area contributed by atoms with Crippen molar-refractivity contribution < 1.29 is 33.4 Å². The largest absolute Gasteiger partial charge is 0.465 e. The lowest BCUT2D eigenvalue weighted by molar-refractivity contribution is -0.120. The molecule has 2 aliphatic heterocycles. The Hall–Kier alpha value is -4.77. The Kier molecular flexibility index (Phi) is 7.57. The fraction of sp³-hybridized carbons (Fsp3) is 0.312. The zero-order valence-electron chi connectivity index (χ0n) is 23.3. The Labute approximate surface area is 247 Å². The van der Waals surface area contributed by atoms with E-state index in [4.69, 9.17) is 9.84 Å². The number of halogens is 1. The van der Waals surface area contributed by atoms with Gasteiger partial charge in [-0.3, -0.25) is 14.9 Å². The smallest absolute Gasteiger partial charge is 0.422 e. The predicted octanol–water partition coefficient (Wildman–Crippen LogP) is 4.90. The lowest BCUT2D eigenvalue weighted by atomic mass is 9.82. The normalized spacial score (nSPS) is 20.1. The second kappa shape index (κ2) is 11.5. The number of rotatable bonds is 7. The summed E-state index contributed by atoms with van der Waals surface area (Å²) in [5.74, 6) is -1.72. The van der Waals surface area contributed by atoms with Crippen LogP contribution in [-0.2, 0) is 21.6 Å². The average Bonchev–Trinajstić information content (AvgIpc) is 3.83. The van der Waals surface area contributed by atoms with Gasteiger partial charge in [0, 0.05) is 24.2 Å². The Morgan fingerprint density at radius 3 is 2.47 bits per heavy atom. The van der Waals surface area contributed by atoms with Gasteiger partial charge in [0.25, 0.3) is 11.8 Å². The van der Waals surface area contributed by atoms with E-state index in [1.807, 2.05) is 6.07 Å². The van der Waals surface area contributed by atoms with E-state index >= 15 is 4.39 Å². The molecule has 0 unspecified atom stereocenters. The average molecular weight is 587 g/mol. The van der Waals surface area contributed by atoms with E-state index in [0.717, 1.165) is 23.3 Å². The van der Waals surface area contributed by atoms with Gasteiger partial charge in [0.2, 0.25) is 0 Å². The summed E-state index contributed by atoms with van der Waals surface area (Å²) in [4.78, 5) is 52.9. The summed E-state index contributed by atoms with van der Waals surface area (Å²) in [6, 6.07) is 16.8. The summed E-state index contributed by atoms with van der Waals surface area (Å²) in [5.41, 5.74) is 0.829. The molecule has 11 heteroatoms. The zero-order chi connectivity index (χ0) is 30.1. The minimum Gasteiger partial charge on any atom is -0.465 e. The lowest BCUT2D eigenvalue weighted by Gasteiger charge is -2.44. The fourth-order valence-electron chi connectivity index (χ4n) is 5.94. The molecule has 10 nitrogen and oxygen atoms in total. The van der Waals surface area contributed by atoms with E-state index in [2.05, 4.69) is 16.0 Å². The Balaban J connectivity index is 1.35. The number of anilines is 2. The van der Waals surface area contributed by atoms with E-state index in [1.165, 1.54) is 24.3 Å². The van der Waals surface area contributed by atoms with Crippen molar-refractivity contribution >= 4 is 35.4 Å². The number of piperidine rings is 1. The first-order valence-corrected chi connectivity index (χ1v) is 14.3. The summed E-state index contributed by atoms with van der Waals surface area (Å²) in [7, 11) is 0. The van der Waals surface area contributed by atoms with Crippen molar-refractivity contribution in [2.45, 2.75) is 49.7 Å². The van der Waals surface area contributed by atoms with Crippen LogP contribution in [0.3, 0.4) is 0 Å². The van der Waals surface area contributed by atoms with E-state index < -0.39 is 41.5 Å². The highest BCUT2D eigenvalue weighted by molar-refractivity contribution is 6.17. The van der Waals surface area contributed by atoms with Gasteiger partial charge in [-0.05, 0) is 79.6 Å². The Morgan fingerprint density at radius 1 is 1.07 bits per heavy atom. The number of carbonyl (C=O) groups is 4. The third-order valence-electron chi connectivity index (χ3n) is 8.18. The molecule has 0 aromatic heterocycles. The van der Waals surface area contributed by atoms with Crippen LogP contribution in [0.15, 0.2) is 66.7 Å². The van der Waals surface area contributed by atoms with Crippen LogP contribution < -0.4 is 20.9 Å². The molecule has 0 radical (unpaired) electrons. The molecule has 6 rings (SSSR count). The number of imide groups is 1. The molecular weight excluding hydrogens is 555 g/mol. The summed E-state index contributed by atoms with van der Waals surface area (Å²) in [5, 5.41) is 17.1. The van der Waals surface area contributed by atoms with Crippen molar-refractivity contribution in [3.05, 3.63) is 94.8 Å². The molecule has 2 atom stereocenters. The topological polar surface area (TPSA) is 137 Å². The van der Waals surface area contributed by atoms with Crippen molar-refractivity contribution in [3.8, 4) is 0 Å². The number of carbonyl (C=O) groups excluding carboxylic acids is 3. The monoisotopic (exact) mass is 586 g/mol. The third-order valence-corrected chi connectivity index (χ3v) is 8.18. The van der Waals surface area contributed by atoms with Crippen molar-refractivity contribution in [1.29, 1.82) is 0 Å². The van der Waals surface area contributed by atoms with Gasteiger partial charge in [-0.25, -0.2) is 18.9 Å². The highest BCUT2D eigenvalue weighted by Crippen LogP contribution is 2.49. The van der Waals surface area contributed by atoms with Crippen LogP contribution in [0, 0.1) is 5.82 Å². The highest BCUT2D eigenvalue weighted by Gasteiger charge is 2.51. The minimum absolute atomic E-state index is 0.0541. The van der Waals surface area contributed by atoms with Crippen LogP contribution >= 0.6 is 0 Å². The number of carboxylic acid groups (broad SMARTS) is 1. The SMILES string of the molecule is O=C(O)Nc1ccc(C(=O)N[C@@H](Cc2ccccc2)C(=O)N2C(=O)O[C@]3(CCCNC3)c3c2ccc(C2CC2)c3F)cc1. The van der Waals surface area contributed by atoms with E-state index in [9.17, 15) is 19.2 Å². The summed E-state index contributed by atoms with van der Waals surface area (Å²) in [6.07, 6.45) is 0.730. The van der Waals surface area contributed by atoms with Crippen LogP contribution in [0.25, 0.3) is 0 Å². The molecule has 1 spiro atoms. The number of amides is 4. The molecule has 1 saturated carbocycles. The summed E-state index contributed by atoms with van der Waals surface area (Å²) < 4.78 is 22.2. The first kappa shape index (κ1) is 28.4. The third kappa shape index (κ3) is 5.68. The molecular formula is C32H31FN4O6. The van der Waals surface area contributed by atoms with Gasteiger partial charge < -0.3 is 20.5 Å². The second-order valence-corrected chi connectivity index (χ2v) is 11.2. The molecule has 1 saturated heterocycles. The Bertz CT molecular complexity index is 1570. The Morgan fingerprint density at radius 2 is 1.81 bits per heavy atom. The number of hydrogen-bond acceptors (Lipinski definition) is 6. The van der Waals surface area contributed by atoms with Crippen LogP contribution in [-0.4, -0.2) is 48.2 Å². The maximum Gasteiger partial charge on any atom is 0.422 e. The number of ether oxygens (including phenoxy) is 1. The highest BCUT2D eigenvalue weighted by atomic mass is 19.1. The maximum absolute atomic E-state index is 16.3. The quantitative estimate of drug-likeness (QED) is 0.309. The van der Waals surface area contributed by atoms with Gasteiger partial charge >= 0.3 is 12.2 Å². The van der Waals surface area contributed by atoms with Crippen LogP contribution in [0.1, 0.15) is 58.6 Å². The molecule has 4 N–H and O–H groups in total. The predicted molar refractivity (Wildman–Crippen MR) is 156 cm³/mol. The van der Waals surface area contributed by atoms with Crippen molar-refractivity contribution in [2.24, 2.45) is 0 Å². The van der Waals surface area contributed by atoms with Crippen molar-refractivity contribution in [1.82, 2.24) is 10.6 Å². The summed E-state index contributed by atoms with van der Waals surface area (Å²) in [6.45, 7) is 0.940. The standard InChI is InChI=1S/C32H31FN4O6/c33-27-23(20-7-8-20)13-14-25-26(27)32(15-4-16-34-18-32)43-31(42)37(25)29(39)24(17-19-5-2-1-3-6-19)36-28(38)21-9-11-22(12-10-21)35-30(40)41/h1-3,5-6,9-14,20,24,34-35H,4,7-8,15-18H2,(H,36,38)(H,40,41)/t24-,32-/m0/s1. The van der Waals surface area contributed by atoms with Gasteiger partial charge in [0.05, 0.1) is 11.3 Å². The lowest BCUT2D eigenvalue weighted by Crippen LogP contribution is -2.58. The molecule has 222 valence electrons. The zero-order valence-corrected chi connectivity index (χ0v) is 23.3. The van der Waals surface area contributed by atoms with Gasteiger partial charge in [0.15, 0.2) is 5.60 Å². The van der Waals surface area contributed by atoms with Crippen molar-refractivity contribution in [3.63, 3.8) is 0 Å². The molecule has 43 heavy (non-hydrogen) atoms. The second-order valence-electron chi connectivity index (χ2n) is 11.2. The molecule has 3 aromatic rings. The van der Waals surface area contributed by atoms with Crippen molar-refractivity contribution in [2.75, 3.05) is 23.3 Å². The fourth-order valence-corrected chi connectivity index (χ4v) is 5.94. The van der Waals surface area contributed by atoms with Crippen LogP contribution in [0.4, 0.5) is 25.4 Å². The number of nitrogens with zero attached hydrogens (tertiary/aromatic N) is 1. The van der Waals surface area contributed by atoms with Gasteiger partial charge in [-0.1, -0.05) is 36.4 Å². The number of hydrogen-bond donors (Lipinski definition) is 4. The molecule has 3 aromatic carbocycles. The van der Waals surface area contributed by atoms with E-state index in [-0.39, 0.29) is 41.4 Å². The maximum atomic E-state index is 16.3. The first-order valence-electron chi connectivity index (χ1n) is 14.3. The number of nitrogens with one attached hydrogen (secondary N) is 3. The first-order chi connectivity index (χ1) is 20.8. The van der Waals surface area contributed by atoms with E-state index in [0.29, 0.717) is 24.9 Å². The number of fused-ring (bicyclic) bond motifs is 2. The van der Waals surface area contributed by atoms with Gasteiger partial charge in [-0.2, -0.15) is 0 Å². The van der Waals surface area contributed by atoms with Gasteiger partial charge in [0.1, 0.15) is 11.9 Å². The molecule has 1 aliphatic carbocycles. The summed E-state index contributed by atoms with van der Waals surface area (Å²) >= 11 is 0. The number of benzene rings is 3. The molecule has 3 aliphatic rings. The van der Waals surface area contributed by atoms with Gasteiger partial charge in [-0.15, -0.1) is 0 Å².